The number of anilines is 4. The summed E-state index contributed by atoms with van der Waals surface area (Å²) >= 11 is 0. The summed E-state index contributed by atoms with van der Waals surface area (Å²) in [5.41, 5.74) is 7.50. The number of hydrogen-bond acceptors (Lipinski definition) is 8. The first-order chi connectivity index (χ1) is 17.4. The fraction of sp³-hybridized carbons (Fsp3) is 0.259. The molecule has 1 amide bonds. The molecule has 5 rings (SSSR count). The summed E-state index contributed by atoms with van der Waals surface area (Å²) in [6, 6.07) is 11.9. The first-order valence-electron chi connectivity index (χ1n) is 11.8. The molecular weight excluding hydrogens is 454 g/mol. The summed E-state index contributed by atoms with van der Waals surface area (Å²) in [5.74, 6) is 1.10. The first kappa shape index (κ1) is 23.5. The number of likely N-dealkylation sites (N-methyl/N-ethyl adjacent to an activating group) is 1. The number of benzene rings is 2. The molecular formula is C27H29N7O2. The zero-order valence-electron chi connectivity index (χ0n) is 20.8. The van der Waals surface area contributed by atoms with Gasteiger partial charge in [-0.1, -0.05) is 12.1 Å². The van der Waals surface area contributed by atoms with Crippen molar-refractivity contribution in [3.8, 4) is 17.0 Å². The maximum absolute atomic E-state index is 12.1. The first-order valence-corrected chi connectivity index (χ1v) is 11.8. The Morgan fingerprint density at radius 3 is 2.78 bits per heavy atom. The molecule has 2 aromatic heterocycles. The van der Waals surface area contributed by atoms with Gasteiger partial charge >= 0.3 is 0 Å². The monoisotopic (exact) mass is 483 g/mol. The van der Waals surface area contributed by atoms with Gasteiger partial charge in [-0.25, -0.2) is 15.0 Å². The second-order valence-electron chi connectivity index (χ2n) is 9.16. The van der Waals surface area contributed by atoms with Crippen LogP contribution in [-0.2, 0) is 4.79 Å². The van der Waals surface area contributed by atoms with Crippen LogP contribution in [0.15, 0.2) is 48.8 Å². The van der Waals surface area contributed by atoms with E-state index in [-0.39, 0.29) is 5.91 Å². The highest BCUT2D eigenvalue weighted by Crippen LogP contribution is 2.36. The van der Waals surface area contributed by atoms with Crippen LogP contribution in [0.25, 0.3) is 22.0 Å². The molecule has 36 heavy (non-hydrogen) atoms. The Morgan fingerprint density at radius 1 is 1.11 bits per heavy atom. The Kier molecular flexibility index (Phi) is 6.39. The molecule has 0 atom stereocenters. The van der Waals surface area contributed by atoms with Crippen molar-refractivity contribution in [1.82, 2.24) is 19.9 Å². The van der Waals surface area contributed by atoms with Gasteiger partial charge in [0.1, 0.15) is 12.3 Å². The molecule has 0 spiro atoms. The second-order valence-corrected chi connectivity index (χ2v) is 9.16. The van der Waals surface area contributed by atoms with Gasteiger partial charge in [-0.15, -0.1) is 0 Å². The Bertz CT molecular complexity index is 1450. The second kappa shape index (κ2) is 9.79. The molecule has 1 aliphatic heterocycles. The van der Waals surface area contributed by atoms with Gasteiger partial charge in [-0.05, 0) is 68.9 Å². The average Bonchev–Trinajstić information content (AvgIpc) is 2.85. The molecule has 0 saturated heterocycles. The molecule has 0 aliphatic carbocycles. The van der Waals surface area contributed by atoms with Crippen LogP contribution < -0.4 is 20.7 Å². The fourth-order valence-electron chi connectivity index (χ4n) is 4.25. The molecule has 0 radical (unpaired) electrons. The predicted molar refractivity (Wildman–Crippen MR) is 143 cm³/mol. The van der Waals surface area contributed by atoms with E-state index in [2.05, 4.69) is 45.0 Å². The maximum atomic E-state index is 12.1. The van der Waals surface area contributed by atoms with E-state index in [0.29, 0.717) is 25.0 Å². The SMILES string of the molecule is Cc1cc(Nc2ncc3ccc(-c4cnc5c(c4C)NCCO5)cc3n2)ccc1NC(=O)CN(C)C. The van der Waals surface area contributed by atoms with E-state index in [4.69, 9.17) is 9.72 Å². The average molecular weight is 484 g/mol. The van der Waals surface area contributed by atoms with Crippen molar-refractivity contribution >= 4 is 39.8 Å². The number of carbonyl (C=O) groups excluding carboxylic acids is 1. The zero-order valence-corrected chi connectivity index (χ0v) is 20.8. The highest BCUT2D eigenvalue weighted by molar-refractivity contribution is 5.93. The molecule has 0 unspecified atom stereocenters. The number of nitrogens with one attached hydrogen (secondary N) is 3. The summed E-state index contributed by atoms with van der Waals surface area (Å²) in [5, 5.41) is 10.6. The number of aryl methyl sites for hydroxylation is 1. The van der Waals surface area contributed by atoms with Crippen molar-refractivity contribution in [1.29, 1.82) is 0 Å². The third kappa shape index (κ3) is 4.92. The van der Waals surface area contributed by atoms with Crippen molar-refractivity contribution in [2.75, 3.05) is 49.7 Å². The van der Waals surface area contributed by atoms with E-state index in [1.165, 1.54) is 0 Å². The number of carbonyl (C=O) groups is 1. The van der Waals surface area contributed by atoms with Gasteiger partial charge in [0.05, 0.1) is 12.1 Å². The number of aromatic nitrogens is 3. The van der Waals surface area contributed by atoms with Crippen LogP contribution in [0, 0.1) is 13.8 Å². The van der Waals surface area contributed by atoms with Crippen LogP contribution in [0.4, 0.5) is 23.0 Å². The van der Waals surface area contributed by atoms with Gasteiger partial charge in [-0.3, -0.25) is 4.79 Å². The number of pyridine rings is 1. The summed E-state index contributed by atoms with van der Waals surface area (Å²) in [6.45, 7) is 5.75. The molecule has 3 N–H and O–H groups in total. The van der Waals surface area contributed by atoms with Crippen molar-refractivity contribution in [2.45, 2.75) is 13.8 Å². The normalized spacial score (nSPS) is 12.6. The molecule has 0 bridgehead atoms. The standard InChI is InChI=1S/C27H29N7O2/c1-16-11-20(7-8-22(16)32-24(35)15-34(3)4)31-27-30-13-19-6-5-18(12-23(19)33-27)21-14-29-26-25(17(21)2)28-9-10-36-26/h5-8,11-14,28H,9-10,15H2,1-4H3,(H,32,35)(H,30,31,33). The lowest BCUT2D eigenvalue weighted by Gasteiger charge is -2.21. The Balaban J connectivity index is 1.38. The number of fused-ring (bicyclic) bond motifs is 2. The molecule has 9 heteroatoms. The molecule has 0 fully saturated rings. The van der Waals surface area contributed by atoms with Gasteiger partial charge in [0.2, 0.25) is 17.7 Å². The predicted octanol–water partition coefficient (Wildman–Crippen LogP) is 4.36. The van der Waals surface area contributed by atoms with Crippen molar-refractivity contribution in [3.05, 3.63) is 59.9 Å². The lowest BCUT2D eigenvalue weighted by atomic mass is 10.00. The number of hydrogen-bond donors (Lipinski definition) is 3. The summed E-state index contributed by atoms with van der Waals surface area (Å²) in [6.07, 6.45) is 3.66. The van der Waals surface area contributed by atoms with Crippen molar-refractivity contribution in [3.63, 3.8) is 0 Å². The van der Waals surface area contributed by atoms with Crippen LogP contribution >= 0.6 is 0 Å². The van der Waals surface area contributed by atoms with Gasteiger partial charge in [0.15, 0.2) is 0 Å². The molecule has 2 aromatic carbocycles. The zero-order chi connectivity index (χ0) is 25.2. The molecule has 184 valence electrons. The summed E-state index contributed by atoms with van der Waals surface area (Å²) in [7, 11) is 3.73. The molecule has 4 aromatic rings. The number of amides is 1. The third-order valence-electron chi connectivity index (χ3n) is 6.06. The minimum Gasteiger partial charge on any atom is -0.474 e. The molecule has 9 nitrogen and oxygen atoms in total. The van der Waals surface area contributed by atoms with Crippen molar-refractivity contribution in [2.24, 2.45) is 0 Å². The minimum absolute atomic E-state index is 0.0508. The Hall–Kier alpha value is -4.24. The van der Waals surface area contributed by atoms with E-state index >= 15 is 0 Å². The Labute approximate surface area is 209 Å². The van der Waals surface area contributed by atoms with Crippen molar-refractivity contribution < 1.29 is 9.53 Å². The lowest BCUT2D eigenvalue weighted by Crippen LogP contribution is -2.27. The van der Waals surface area contributed by atoms with Crippen LogP contribution in [0.1, 0.15) is 11.1 Å². The fourth-order valence-corrected chi connectivity index (χ4v) is 4.25. The van der Waals surface area contributed by atoms with E-state index < -0.39 is 0 Å². The van der Waals surface area contributed by atoms with E-state index in [0.717, 1.165) is 56.8 Å². The van der Waals surface area contributed by atoms with Gasteiger partial charge in [-0.2, -0.15) is 0 Å². The van der Waals surface area contributed by atoms with Crippen LogP contribution in [-0.4, -0.2) is 59.6 Å². The molecule has 1 aliphatic rings. The number of ether oxygens (including phenoxy) is 1. The smallest absolute Gasteiger partial charge is 0.238 e. The largest absolute Gasteiger partial charge is 0.474 e. The molecule has 0 saturated carbocycles. The van der Waals surface area contributed by atoms with Gasteiger partial charge < -0.3 is 25.6 Å². The van der Waals surface area contributed by atoms with Gasteiger partial charge in [0.25, 0.3) is 0 Å². The van der Waals surface area contributed by atoms with Gasteiger partial charge in [0, 0.05) is 41.3 Å². The van der Waals surface area contributed by atoms with Crippen LogP contribution in [0.3, 0.4) is 0 Å². The van der Waals surface area contributed by atoms with Crippen LogP contribution in [0.2, 0.25) is 0 Å². The number of nitrogens with zero attached hydrogens (tertiary/aromatic N) is 4. The quantitative estimate of drug-likeness (QED) is 0.372. The van der Waals surface area contributed by atoms with E-state index in [1.54, 1.807) is 0 Å². The highest BCUT2D eigenvalue weighted by atomic mass is 16.5. The molecule has 3 heterocycles. The summed E-state index contributed by atoms with van der Waals surface area (Å²) < 4.78 is 5.66. The topological polar surface area (TPSA) is 104 Å². The lowest BCUT2D eigenvalue weighted by molar-refractivity contribution is -0.116. The summed E-state index contributed by atoms with van der Waals surface area (Å²) in [4.78, 5) is 27.7. The van der Waals surface area contributed by atoms with E-state index in [1.807, 2.05) is 62.6 Å². The third-order valence-corrected chi connectivity index (χ3v) is 6.06. The maximum Gasteiger partial charge on any atom is 0.238 e. The highest BCUT2D eigenvalue weighted by Gasteiger charge is 2.17. The minimum atomic E-state index is -0.0508. The Morgan fingerprint density at radius 2 is 1.97 bits per heavy atom. The number of rotatable bonds is 6. The van der Waals surface area contributed by atoms with E-state index in [9.17, 15) is 4.79 Å². The van der Waals surface area contributed by atoms with Crippen LogP contribution in [0.5, 0.6) is 5.88 Å².